The highest BCUT2D eigenvalue weighted by atomic mass is 16.5. The summed E-state index contributed by atoms with van der Waals surface area (Å²) < 4.78 is 5.65. The van der Waals surface area contributed by atoms with E-state index in [9.17, 15) is 15.0 Å². The molecule has 0 radical (unpaired) electrons. The van der Waals surface area contributed by atoms with E-state index in [1.54, 1.807) is 0 Å². The van der Waals surface area contributed by atoms with Crippen molar-refractivity contribution in [2.24, 2.45) is 5.92 Å². The van der Waals surface area contributed by atoms with Gasteiger partial charge in [-0.2, -0.15) is 0 Å². The fraction of sp³-hybridized carbons (Fsp3) is 0.500. The van der Waals surface area contributed by atoms with Gasteiger partial charge in [-0.15, -0.1) is 0 Å². The van der Waals surface area contributed by atoms with Gasteiger partial charge in [0.15, 0.2) is 0 Å². The number of carbonyl (C=O) groups excluding carboxylic acids is 1. The van der Waals surface area contributed by atoms with Crippen molar-refractivity contribution in [3.63, 3.8) is 0 Å². The minimum Gasteiger partial charge on any atom is -0.507 e. The van der Waals surface area contributed by atoms with E-state index >= 15 is 0 Å². The Morgan fingerprint density at radius 1 is 1.21 bits per heavy atom. The molecule has 3 N–H and O–H groups in total. The topological polar surface area (TPSA) is 78.8 Å². The first-order valence-electron chi connectivity index (χ1n) is 6.60. The molecule has 1 saturated heterocycles. The Hall–Kier alpha value is -1.75. The lowest BCUT2D eigenvalue weighted by Crippen LogP contribution is -2.41. The van der Waals surface area contributed by atoms with Gasteiger partial charge in [0.2, 0.25) is 0 Å². The molecule has 5 heteroatoms. The molecule has 3 rings (SSSR count). The van der Waals surface area contributed by atoms with Gasteiger partial charge in [-0.1, -0.05) is 6.07 Å². The number of hydrogen-bond donors (Lipinski definition) is 3. The molecule has 2 aliphatic rings. The number of rotatable bonds is 3. The second-order valence-electron chi connectivity index (χ2n) is 5.21. The predicted molar refractivity (Wildman–Crippen MR) is 68.1 cm³/mol. The maximum Gasteiger partial charge on any atom is 0.259 e. The summed E-state index contributed by atoms with van der Waals surface area (Å²) in [5.74, 6) is -0.318. The first-order chi connectivity index (χ1) is 9.16. The number of carbonyl (C=O) groups is 1. The molecule has 0 bridgehead atoms. The molecule has 1 aliphatic carbocycles. The molecule has 19 heavy (non-hydrogen) atoms. The van der Waals surface area contributed by atoms with Crippen LogP contribution in [0.3, 0.4) is 0 Å². The van der Waals surface area contributed by atoms with Gasteiger partial charge in [-0.25, -0.2) is 0 Å². The highest BCUT2D eigenvalue weighted by Gasteiger charge is 2.41. The van der Waals surface area contributed by atoms with E-state index in [4.69, 9.17) is 4.74 Å². The van der Waals surface area contributed by atoms with Crippen LogP contribution in [0.15, 0.2) is 18.2 Å². The lowest BCUT2D eigenvalue weighted by molar-refractivity contribution is 0.0727. The Labute approximate surface area is 111 Å². The smallest absolute Gasteiger partial charge is 0.259 e. The molecule has 2 unspecified atom stereocenters. The van der Waals surface area contributed by atoms with Crippen LogP contribution in [0.4, 0.5) is 0 Å². The molecule has 1 aliphatic heterocycles. The molecule has 5 nitrogen and oxygen atoms in total. The van der Waals surface area contributed by atoms with Crippen molar-refractivity contribution in [1.82, 2.24) is 5.32 Å². The van der Waals surface area contributed by atoms with Gasteiger partial charge >= 0.3 is 0 Å². The number of phenolic OH excluding ortho intramolecular Hbond substituents is 2. The van der Waals surface area contributed by atoms with Crippen molar-refractivity contribution in [2.45, 2.75) is 31.4 Å². The van der Waals surface area contributed by atoms with Crippen LogP contribution < -0.4 is 5.32 Å². The van der Waals surface area contributed by atoms with E-state index in [1.165, 1.54) is 18.2 Å². The predicted octanol–water partition coefficient (Wildman–Crippen LogP) is 1.40. The van der Waals surface area contributed by atoms with Gasteiger partial charge in [0.25, 0.3) is 5.91 Å². The Balaban J connectivity index is 1.74. The van der Waals surface area contributed by atoms with Gasteiger partial charge in [0.05, 0.1) is 12.1 Å². The monoisotopic (exact) mass is 263 g/mol. The standard InChI is InChI=1S/C14H17NO4/c16-10-2-1-3-11(17)12(10)14(18)15-9-6-7-19-13(9)8-4-5-8/h1-3,8-9,13,16-17H,4-7H2,(H,15,18). The maximum atomic E-state index is 12.1. The molecule has 1 aromatic carbocycles. The molecule has 0 aromatic heterocycles. The molecular formula is C14H17NO4. The van der Waals surface area contributed by atoms with Crippen molar-refractivity contribution < 1.29 is 19.7 Å². The van der Waals surface area contributed by atoms with Gasteiger partial charge in [-0.3, -0.25) is 4.79 Å². The fourth-order valence-corrected chi connectivity index (χ4v) is 2.66. The summed E-state index contributed by atoms with van der Waals surface area (Å²) in [6, 6.07) is 4.24. The number of phenols is 2. The van der Waals surface area contributed by atoms with Crippen LogP contribution in [0.5, 0.6) is 11.5 Å². The lowest BCUT2D eigenvalue weighted by atomic mass is 10.1. The molecule has 2 atom stereocenters. The van der Waals surface area contributed by atoms with Crippen molar-refractivity contribution in [3.05, 3.63) is 23.8 Å². The number of hydrogen-bond acceptors (Lipinski definition) is 4. The lowest BCUT2D eigenvalue weighted by Gasteiger charge is -2.20. The van der Waals surface area contributed by atoms with E-state index in [0.29, 0.717) is 12.5 Å². The zero-order chi connectivity index (χ0) is 13.4. The molecule has 1 heterocycles. The second kappa shape index (κ2) is 4.74. The highest BCUT2D eigenvalue weighted by molar-refractivity contribution is 5.99. The largest absolute Gasteiger partial charge is 0.507 e. The summed E-state index contributed by atoms with van der Waals surface area (Å²) in [5, 5.41) is 22.2. The summed E-state index contributed by atoms with van der Waals surface area (Å²) in [6.45, 7) is 0.652. The van der Waals surface area contributed by atoms with Crippen LogP contribution in [0.2, 0.25) is 0 Å². The van der Waals surface area contributed by atoms with Crippen LogP contribution in [0.1, 0.15) is 29.6 Å². The van der Waals surface area contributed by atoms with Crippen LogP contribution in [-0.4, -0.2) is 34.9 Å². The van der Waals surface area contributed by atoms with Crippen LogP contribution in [0, 0.1) is 5.92 Å². The van der Waals surface area contributed by atoms with Gasteiger partial charge in [-0.05, 0) is 37.3 Å². The minimum absolute atomic E-state index is 0.0287. The third kappa shape index (κ3) is 2.38. The van der Waals surface area contributed by atoms with Crippen LogP contribution in [0.25, 0.3) is 0 Å². The average Bonchev–Trinajstić information content (AvgIpc) is 3.10. The fourth-order valence-electron chi connectivity index (χ4n) is 2.66. The molecule has 0 spiro atoms. The molecule has 2 fully saturated rings. The van der Waals surface area contributed by atoms with Gasteiger partial charge < -0.3 is 20.3 Å². The number of nitrogens with one attached hydrogen (secondary N) is 1. The molecule has 1 amide bonds. The zero-order valence-corrected chi connectivity index (χ0v) is 10.5. The van der Waals surface area contributed by atoms with Crippen molar-refractivity contribution in [3.8, 4) is 11.5 Å². The number of amides is 1. The maximum absolute atomic E-state index is 12.1. The number of benzene rings is 1. The summed E-state index contributed by atoms with van der Waals surface area (Å²) >= 11 is 0. The first-order valence-corrected chi connectivity index (χ1v) is 6.60. The summed E-state index contributed by atoms with van der Waals surface area (Å²) in [4.78, 5) is 12.1. The summed E-state index contributed by atoms with van der Waals surface area (Å²) in [6.07, 6.45) is 3.16. The van der Waals surface area contributed by atoms with E-state index in [1.807, 2.05) is 0 Å². The normalized spacial score (nSPS) is 26.3. The average molecular weight is 263 g/mol. The van der Waals surface area contributed by atoms with Crippen LogP contribution >= 0.6 is 0 Å². The van der Waals surface area contributed by atoms with E-state index in [0.717, 1.165) is 19.3 Å². The van der Waals surface area contributed by atoms with E-state index in [2.05, 4.69) is 5.32 Å². The number of ether oxygens (including phenoxy) is 1. The summed E-state index contributed by atoms with van der Waals surface area (Å²) in [5.41, 5.74) is -0.0658. The summed E-state index contributed by atoms with van der Waals surface area (Å²) in [7, 11) is 0. The quantitative estimate of drug-likeness (QED) is 0.770. The Morgan fingerprint density at radius 2 is 1.89 bits per heavy atom. The SMILES string of the molecule is O=C(NC1CCOC1C1CC1)c1c(O)cccc1O. The van der Waals surface area contributed by atoms with Crippen molar-refractivity contribution in [1.29, 1.82) is 0 Å². The molecule has 1 aromatic rings. The third-order valence-electron chi connectivity index (χ3n) is 3.79. The van der Waals surface area contributed by atoms with E-state index < -0.39 is 5.91 Å². The molecule has 1 saturated carbocycles. The minimum atomic E-state index is -0.447. The van der Waals surface area contributed by atoms with Crippen LogP contribution in [-0.2, 0) is 4.74 Å². The first kappa shape index (κ1) is 12.3. The Bertz CT molecular complexity index is 478. The molecule has 102 valence electrons. The zero-order valence-electron chi connectivity index (χ0n) is 10.5. The van der Waals surface area contributed by atoms with Gasteiger partial charge in [0.1, 0.15) is 17.1 Å². The van der Waals surface area contributed by atoms with Gasteiger partial charge in [0, 0.05) is 6.61 Å². The number of aromatic hydroxyl groups is 2. The van der Waals surface area contributed by atoms with Crippen molar-refractivity contribution in [2.75, 3.05) is 6.61 Å². The third-order valence-corrected chi connectivity index (χ3v) is 3.79. The van der Waals surface area contributed by atoms with Crippen molar-refractivity contribution >= 4 is 5.91 Å². The Kier molecular flexibility index (Phi) is 3.06. The van der Waals surface area contributed by atoms with E-state index in [-0.39, 0.29) is 29.2 Å². The molecular weight excluding hydrogens is 246 g/mol. The highest BCUT2D eigenvalue weighted by Crippen LogP contribution is 2.39. The second-order valence-corrected chi connectivity index (χ2v) is 5.21. The Morgan fingerprint density at radius 3 is 2.53 bits per heavy atom.